The Balaban J connectivity index is 1.62. The third kappa shape index (κ3) is 3.49. The van der Waals surface area contributed by atoms with Crippen LogP contribution in [0.1, 0.15) is 20.7 Å². The van der Waals surface area contributed by atoms with E-state index in [1.165, 1.54) is 12.3 Å². The van der Waals surface area contributed by atoms with Crippen LogP contribution in [0, 0.1) is 0 Å². The SMILES string of the molecule is O=C(O)c1ccc(N2CCN(C(=O)c3ccc(Cl)cc3)CC2)nc1. The molecule has 6 nitrogen and oxygen atoms in total. The number of carbonyl (C=O) groups excluding carboxylic acids is 1. The van der Waals surface area contributed by atoms with Crippen LogP contribution in [0.2, 0.25) is 5.02 Å². The van der Waals surface area contributed by atoms with Crippen LogP contribution in [-0.4, -0.2) is 53.0 Å². The van der Waals surface area contributed by atoms with Crippen LogP contribution < -0.4 is 4.90 Å². The molecular formula is C17H16ClN3O3. The van der Waals surface area contributed by atoms with E-state index in [2.05, 4.69) is 4.98 Å². The Morgan fingerprint density at radius 3 is 2.12 bits per heavy atom. The summed E-state index contributed by atoms with van der Waals surface area (Å²) in [5.74, 6) is -0.286. The molecule has 1 saturated heterocycles. The highest BCUT2D eigenvalue weighted by Gasteiger charge is 2.22. The second kappa shape index (κ2) is 6.88. The third-order valence-corrected chi connectivity index (χ3v) is 4.23. The zero-order chi connectivity index (χ0) is 17.1. The molecule has 1 amide bonds. The van der Waals surface area contributed by atoms with Crippen LogP contribution in [0.4, 0.5) is 5.82 Å². The fraction of sp³-hybridized carbons (Fsp3) is 0.235. The molecule has 0 spiro atoms. The first-order valence-corrected chi connectivity index (χ1v) is 7.91. The number of aromatic nitrogens is 1. The van der Waals surface area contributed by atoms with Gasteiger partial charge in [-0.25, -0.2) is 9.78 Å². The highest BCUT2D eigenvalue weighted by Crippen LogP contribution is 2.17. The molecule has 0 unspecified atom stereocenters. The quantitative estimate of drug-likeness (QED) is 0.924. The average molecular weight is 346 g/mol. The lowest BCUT2D eigenvalue weighted by atomic mass is 10.2. The lowest BCUT2D eigenvalue weighted by Gasteiger charge is -2.35. The summed E-state index contributed by atoms with van der Waals surface area (Å²) in [5, 5.41) is 9.51. The fourth-order valence-corrected chi connectivity index (χ4v) is 2.74. The van der Waals surface area contributed by atoms with Crippen molar-refractivity contribution in [3.8, 4) is 0 Å². The lowest BCUT2D eigenvalue weighted by molar-refractivity contribution is 0.0694. The van der Waals surface area contributed by atoms with Gasteiger partial charge in [0.15, 0.2) is 0 Å². The topological polar surface area (TPSA) is 73.7 Å². The number of anilines is 1. The zero-order valence-electron chi connectivity index (χ0n) is 12.9. The summed E-state index contributed by atoms with van der Waals surface area (Å²) in [6.07, 6.45) is 1.35. The van der Waals surface area contributed by atoms with Gasteiger partial charge in [0.1, 0.15) is 5.82 Å². The van der Waals surface area contributed by atoms with Crippen molar-refractivity contribution in [1.82, 2.24) is 9.88 Å². The van der Waals surface area contributed by atoms with Crippen LogP contribution in [0.5, 0.6) is 0 Å². The molecular weight excluding hydrogens is 330 g/mol. The minimum absolute atomic E-state index is 0.0134. The Labute approximate surface area is 144 Å². The maximum atomic E-state index is 12.5. The van der Waals surface area contributed by atoms with E-state index < -0.39 is 5.97 Å². The molecule has 1 fully saturated rings. The molecule has 2 aromatic rings. The van der Waals surface area contributed by atoms with Gasteiger partial charge in [-0.05, 0) is 36.4 Å². The van der Waals surface area contributed by atoms with Crippen molar-refractivity contribution in [2.45, 2.75) is 0 Å². The molecule has 124 valence electrons. The van der Waals surface area contributed by atoms with Crippen molar-refractivity contribution >= 4 is 29.3 Å². The van der Waals surface area contributed by atoms with Gasteiger partial charge in [0.25, 0.3) is 5.91 Å². The Bertz CT molecular complexity index is 739. The molecule has 1 N–H and O–H groups in total. The minimum atomic E-state index is -0.993. The first kappa shape index (κ1) is 16.3. The number of aromatic carboxylic acids is 1. The van der Waals surface area contributed by atoms with Gasteiger partial charge < -0.3 is 14.9 Å². The maximum Gasteiger partial charge on any atom is 0.337 e. The Morgan fingerprint density at radius 2 is 1.58 bits per heavy atom. The summed E-state index contributed by atoms with van der Waals surface area (Å²) >= 11 is 5.84. The van der Waals surface area contributed by atoms with Gasteiger partial charge in [-0.15, -0.1) is 0 Å². The molecule has 0 radical (unpaired) electrons. The summed E-state index contributed by atoms with van der Waals surface area (Å²) in [4.78, 5) is 31.3. The van der Waals surface area contributed by atoms with E-state index in [0.29, 0.717) is 36.8 Å². The molecule has 0 atom stereocenters. The molecule has 3 rings (SSSR count). The second-order valence-electron chi connectivity index (χ2n) is 5.50. The van der Waals surface area contributed by atoms with E-state index in [4.69, 9.17) is 16.7 Å². The molecule has 1 aromatic heterocycles. The van der Waals surface area contributed by atoms with Gasteiger partial charge in [0.05, 0.1) is 5.56 Å². The minimum Gasteiger partial charge on any atom is -0.478 e. The Kier molecular flexibility index (Phi) is 4.66. The summed E-state index contributed by atoms with van der Waals surface area (Å²) in [6, 6.07) is 10.1. The average Bonchev–Trinajstić information content (AvgIpc) is 2.62. The van der Waals surface area contributed by atoms with Crippen LogP contribution in [0.25, 0.3) is 0 Å². The summed E-state index contributed by atoms with van der Waals surface area (Å²) in [7, 11) is 0. The van der Waals surface area contributed by atoms with E-state index in [0.717, 1.165) is 5.82 Å². The van der Waals surface area contributed by atoms with E-state index >= 15 is 0 Å². The number of nitrogens with zero attached hydrogens (tertiary/aromatic N) is 3. The van der Waals surface area contributed by atoms with Gasteiger partial charge in [-0.3, -0.25) is 4.79 Å². The third-order valence-electron chi connectivity index (χ3n) is 3.98. The van der Waals surface area contributed by atoms with E-state index in [1.807, 2.05) is 4.90 Å². The number of carboxylic acids is 1. The van der Waals surface area contributed by atoms with E-state index in [1.54, 1.807) is 35.2 Å². The number of hydrogen-bond acceptors (Lipinski definition) is 4. The number of halogens is 1. The Morgan fingerprint density at radius 1 is 0.958 bits per heavy atom. The number of carboxylic acid groups (broad SMARTS) is 1. The number of hydrogen-bond donors (Lipinski definition) is 1. The standard InChI is InChI=1S/C17H16ClN3O3/c18-14-4-1-12(2-5-14)16(22)21-9-7-20(8-10-21)15-6-3-13(11-19-15)17(23)24/h1-6,11H,7-10H2,(H,23,24). The molecule has 1 aliphatic heterocycles. The number of benzene rings is 1. The van der Waals surface area contributed by atoms with Crippen molar-refractivity contribution < 1.29 is 14.7 Å². The molecule has 1 aromatic carbocycles. The van der Waals surface area contributed by atoms with Crippen LogP contribution in [-0.2, 0) is 0 Å². The van der Waals surface area contributed by atoms with Crippen molar-refractivity contribution in [3.63, 3.8) is 0 Å². The largest absolute Gasteiger partial charge is 0.478 e. The highest BCUT2D eigenvalue weighted by molar-refractivity contribution is 6.30. The normalized spacial score (nSPS) is 14.5. The molecule has 24 heavy (non-hydrogen) atoms. The lowest BCUT2D eigenvalue weighted by Crippen LogP contribution is -2.49. The summed E-state index contributed by atoms with van der Waals surface area (Å²) in [5.41, 5.74) is 0.784. The molecule has 0 bridgehead atoms. The van der Waals surface area contributed by atoms with Crippen LogP contribution in [0.15, 0.2) is 42.6 Å². The van der Waals surface area contributed by atoms with Gasteiger partial charge in [-0.2, -0.15) is 0 Å². The predicted octanol–water partition coefficient (Wildman–Crippen LogP) is 2.40. The summed E-state index contributed by atoms with van der Waals surface area (Å²) in [6.45, 7) is 2.48. The maximum absolute atomic E-state index is 12.5. The monoisotopic (exact) mass is 345 g/mol. The number of pyridine rings is 1. The van der Waals surface area contributed by atoms with Gasteiger partial charge in [0, 0.05) is 43.0 Å². The highest BCUT2D eigenvalue weighted by atomic mass is 35.5. The number of carbonyl (C=O) groups is 2. The first-order chi connectivity index (χ1) is 11.5. The second-order valence-corrected chi connectivity index (χ2v) is 5.93. The zero-order valence-corrected chi connectivity index (χ0v) is 13.6. The van der Waals surface area contributed by atoms with E-state index in [9.17, 15) is 9.59 Å². The molecule has 7 heteroatoms. The van der Waals surface area contributed by atoms with Crippen molar-refractivity contribution in [1.29, 1.82) is 0 Å². The Hall–Kier alpha value is -2.60. The van der Waals surface area contributed by atoms with Gasteiger partial charge in [0.2, 0.25) is 0 Å². The van der Waals surface area contributed by atoms with Crippen molar-refractivity contribution in [2.75, 3.05) is 31.1 Å². The van der Waals surface area contributed by atoms with Crippen LogP contribution >= 0.6 is 11.6 Å². The van der Waals surface area contributed by atoms with Gasteiger partial charge in [-0.1, -0.05) is 11.6 Å². The molecule has 0 aliphatic carbocycles. The molecule has 2 heterocycles. The van der Waals surface area contributed by atoms with Crippen molar-refractivity contribution in [2.24, 2.45) is 0 Å². The van der Waals surface area contributed by atoms with Crippen LogP contribution in [0.3, 0.4) is 0 Å². The van der Waals surface area contributed by atoms with E-state index in [-0.39, 0.29) is 11.5 Å². The smallest absolute Gasteiger partial charge is 0.337 e. The number of rotatable bonds is 3. The summed E-state index contributed by atoms with van der Waals surface area (Å²) < 4.78 is 0. The molecule has 0 saturated carbocycles. The first-order valence-electron chi connectivity index (χ1n) is 7.54. The fourth-order valence-electron chi connectivity index (χ4n) is 2.61. The molecule has 1 aliphatic rings. The predicted molar refractivity (Wildman–Crippen MR) is 90.8 cm³/mol. The van der Waals surface area contributed by atoms with Crippen molar-refractivity contribution in [3.05, 3.63) is 58.7 Å². The number of amides is 1. The van der Waals surface area contributed by atoms with Gasteiger partial charge >= 0.3 is 5.97 Å². The number of piperazine rings is 1.